The maximum Gasteiger partial charge on any atom is 0.262 e. The summed E-state index contributed by atoms with van der Waals surface area (Å²) in [6.45, 7) is 2.75. The highest BCUT2D eigenvalue weighted by molar-refractivity contribution is 6.00. The molecule has 1 atom stereocenters. The van der Waals surface area contributed by atoms with Crippen LogP contribution in [-0.2, 0) is 4.79 Å². The molecule has 0 aromatic heterocycles. The van der Waals surface area contributed by atoms with Crippen molar-refractivity contribution in [1.82, 2.24) is 10.2 Å². The summed E-state index contributed by atoms with van der Waals surface area (Å²) in [6.07, 6.45) is 3.73. The number of allylic oxidation sites excluding steroid dienone is 1. The van der Waals surface area contributed by atoms with Crippen molar-refractivity contribution in [1.29, 1.82) is 0 Å². The minimum atomic E-state index is -0.712. The normalized spacial score (nSPS) is 16.5. The Bertz CT molecular complexity index is 1100. The standard InChI is InChI=1S/C24H25F2N3O4/c1-14(5-6-27-2)16-3-4-21(19(26)7-16)32-12-15-10-29(11-15)24(31)17-8-20-22(9-18(17)25)33-13-23(30)28-20/h3-9,14-15,27H,10-13H2,1-2H3,(H,28,30)/b6-5-. The number of rotatable bonds is 7. The highest BCUT2D eigenvalue weighted by Gasteiger charge is 2.34. The lowest BCUT2D eigenvalue weighted by Gasteiger charge is -2.39. The quantitative estimate of drug-likeness (QED) is 0.667. The van der Waals surface area contributed by atoms with Crippen molar-refractivity contribution in [3.05, 3.63) is 65.4 Å². The van der Waals surface area contributed by atoms with Gasteiger partial charge in [0, 0.05) is 38.0 Å². The molecule has 0 bridgehead atoms. The molecule has 2 aromatic carbocycles. The van der Waals surface area contributed by atoms with Crippen LogP contribution in [-0.4, -0.2) is 50.1 Å². The molecule has 2 aromatic rings. The van der Waals surface area contributed by atoms with Gasteiger partial charge >= 0.3 is 0 Å². The molecule has 2 aliphatic rings. The van der Waals surface area contributed by atoms with Crippen molar-refractivity contribution in [2.24, 2.45) is 5.92 Å². The van der Waals surface area contributed by atoms with Gasteiger partial charge in [0.1, 0.15) is 11.6 Å². The monoisotopic (exact) mass is 457 g/mol. The maximum absolute atomic E-state index is 14.4. The van der Waals surface area contributed by atoms with E-state index in [-0.39, 0.29) is 53.7 Å². The Hall–Kier alpha value is -3.62. The molecule has 1 saturated heterocycles. The van der Waals surface area contributed by atoms with Crippen LogP contribution in [0, 0.1) is 17.6 Å². The number of halogens is 2. The Balaban J connectivity index is 1.31. The first-order valence-corrected chi connectivity index (χ1v) is 10.7. The first-order chi connectivity index (χ1) is 15.9. The number of amides is 2. The van der Waals surface area contributed by atoms with Gasteiger partial charge in [-0.05, 0) is 30.0 Å². The Morgan fingerprint density at radius 3 is 2.82 bits per heavy atom. The topological polar surface area (TPSA) is 79.9 Å². The lowest BCUT2D eigenvalue weighted by molar-refractivity contribution is -0.118. The molecule has 33 heavy (non-hydrogen) atoms. The van der Waals surface area contributed by atoms with Crippen LogP contribution in [0.3, 0.4) is 0 Å². The summed E-state index contributed by atoms with van der Waals surface area (Å²) in [5.74, 6) is -1.59. The van der Waals surface area contributed by atoms with Gasteiger partial charge in [-0.1, -0.05) is 19.1 Å². The van der Waals surface area contributed by atoms with E-state index in [9.17, 15) is 18.4 Å². The zero-order valence-electron chi connectivity index (χ0n) is 18.4. The summed E-state index contributed by atoms with van der Waals surface area (Å²) in [6, 6.07) is 7.27. The third-order valence-corrected chi connectivity index (χ3v) is 5.68. The molecule has 4 rings (SSSR count). The van der Waals surface area contributed by atoms with E-state index in [2.05, 4.69) is 10.6 Å². The smallest absolute Gasteiger partial charge is 0.262 e. The van der Waals surface area contributed by atoms with Crippen LogP contribution in [0.2, 0.25) is 0 Å². The molecular formula is C24H25F2N3O4. The van der Waals surface area contributed by atoms with Crippen LogP contribution in [0.5, 0.6) is 11.5 Å². The van der Waals surface area contributed by atoms with Crippen molar-refractivity contribution in [3.63, 3.8) is 0 Å². The van der Waals surface area contributed by atoms with E-state index in [1.165, 1.54) is 17.0 Å². The van der Waals surface area contributed by atoms with Crippen LogP contribution >= 0.6 is 0 Å². The first-order valence-electron chi connectivity index (χ1n) is 10.7. The van der Waals surface area contributed by atoms with Gasteiger partial charge in [0.15, 0.2) is 18.2 Å². The summed E-state index contributed by atoms with van der Waals surface area (Å²) < 4.78 is 39.6. The van der Waals surface area contributed by atoms with Gasteiger partial charge in [-0.15, -0.1) is 0 Å². The van der Waals surface area contributed by atoms with Gasteiger partial charge in [0.25, 0.3) is 11.8 Å². The molecule has 7 nitrogen and oxygen atoms in total. The molecule has 2 heterocycles. The second-order valence-electron chi connectivity index (χ2n) is 8.18. The number of ether oxygens (including phenoxy) is 2. The predicted octanol–water partition coefficient (Wildman–Crippen LogP) is 3.28. The number of nitrogens with one attached hydrogen (secondary N) is 2. The number of anilines is 1. The molecule has 0 radical (unpaired) electrons. The molecule has 1 unspecified atom stereocenters. The fraction of sp³-hybridized carbons (Fsp3) is 0.333. The molecule has 174 valence electrons. The summed E-state index contributed by atoms with van der Waals surface area (Å²) in [5.41, 5.74) is 0.966. The molecule has 0 saturated carbocycles. The number of hydrogen-bond acceptors (Lipinski definition) is 5. The minimum absolute atomic E-state index is 0.00855. The predicted molar refractivity (Wildman–Crippen MR) is 118 cm³/mol. The Kier molecular flexibility index (Phi) is 6.48. The van der Waals surface area contributed by atoms with E-state index in [1.807, 2.05) is 19.1 Å². The fourth-order valence-electron chi connectivity index (χ4n) is 3.75. The van der Waals surface area contributed by atoms with Crippen LogP contribution in [0.15, 0.2) is 42.6 Å². The van der Waals surface area contributed by atoms with E-state index >= 15 is 0 Å². The van der Waals surface area contributed by atoms with E-state index in [0.717, 1.165) is 11.6 Å². The number of carbonyl (C=O) groups excluding carboxylic acids is 2. The minimum Gasteiger partial charge on any atom is -0.490 e. The van der Waals surface area contributed by atoms with Crippen molar-refractivity contribution in [2.75, 3.05) is 38.7 Å². The largest absolute Gasteiger partial charge is 0.490 e. The number of benzene rings is 2. The van der Waals surface area contributed by atoms with Crippen molar-refractivity contribution < 1.29 is 27.8 Å². The molecule has 2 N–H and O–H groups in total. The van der Waals surface area contributed by atoms with Crippen LogP contribution < -0.4 is 20.1 Å². The second-order valence-corrected chi connectivity index (χ2v) is 8.18. The van der Waals surface area contributed by atoms with E-state index in [0.29, 0.717) is 13.1 Å². The molecule has 1 fully saturated rings. The first kappa shape index (κ1) is 22.6. The van der Waals surface area contributed by atoms with E-state index in [1.54, 1.807) is 19.3 Å². The van der Waals surface area contributed by atoms with Gasteiger partial charge in [0.2, 0.25) is 0 Å². The second kappa shape index (κ2) is 9.48. The summed E-state index contributed by atoms with van der Waals surface area (Å²) in [5, 5.41) is 5.48. The Labute approximate surface area is 190 Å². The average Bonchev–Trinajstić information content (AvgIpc) is 2.76. The summed E-state index contributed by atoms with van der Waals surface area (Å²) in [4.78, 5) is 25.6. The lowest BCUT2D eigenvalue weighted by atomic mass is 9.99. The molecular weight excluding hydrogens is 432 g/mol. The SMILES string of the molecule is CN/C=C\C(C)c1ccc(OCC2CN(C(=O)c3cc4c(cc3F)OCC(=O)N4)C2)c(F)c1. The number of carbonyl (C=O) groups is 2. The van der Waals surface area contributed by atoms with E-state index in [4.69, 9.17) is 9.47 Å². The third-order valence-electron chi connectivity index (χ3n) is 5.68. The summed E-state index contributed by atoms with van der Waals surface area (Å²) in [7, 11) is 1.80. The molecule has 9 heteroatoms. The highest BCUT2D eigenvalue weighted by Crippen LogP contribution is 2.32. The van der Waals surface area contributed by atoms with Gasteiger partial charge < -0.3 is 25.0 Å². The molecule has 2 amide bonds. The molecule has 2 aliphatic heterocycles. The third kappa shape index (κ3) is 4.92. The number of fused-ring (bicyclic) bond motifs is 1. The molecule has 0 aliphatic carbocycles. The van der Waals surface area contributed by atoms with E-state index < -0.39 is 17.5 Å². The van der Waals surface area contributed by atoms with Gasteiger partial charge in [-0.2, -0.15) is 0 Å². The van der Waals surface area contributed by atoms with Crippen LogP contribution in [0.25, 0.3) is 0 Å². The van der Waals surface area contributed by atoms with Crippen LogP contribution in [0.4, 0.5) is 14.5 Å². The van der Waals surface area contributed by atoms with Gasteiger partial charge in [0.05, 0.1) is 17.9 Å². The molecule has 0 spiro atoms. The van der Waals surface area contributed by atoms with Crippen molar-refractivity contribution in [2.45, 2.75) is 12.8 Å². The maximum atomic E-state index is 14.4. The summed E-state index contributed by atoms with van der Waals surface area (Å²) >= 11 is 0. The number of hydrogen-bond donors (Lipinski definition) is 2. The number of likely N-dealkylation sites (tertiary alicyclic amines) is 1. The zero-order valence-corrected chi connectivity index (χ0v) is 18.4. The van der Waals surface area contributed by atoms with Crippen molar-refractivity contribution >= 4 is 17.5 Å². The van der Waals surface area contributed by atoms with Crippen molar-refractivity contribution in [3.8, 4) is 11.5 Å². The average molecular weight is 457 g/mol. The lowest BCUT2D eigenvalue weighted by Crippen LogP contribution is -2.52. The Morgan fingerprint density at radius 2 is 2.09 bits per heavy atom. The zero-order chi connectivity index (χ0) is 23.5. The Morgan fingerprint density at radius 1 is 1.30 bits per heavy atom. The number of nitrogens with zero attached hydrogens (tertiary/aromatic N) is 1. The van der Waals surface area contributed by atoms with Gasteiger partial charge in [-0.25, -0.2) is 8.78 Å². The highest BCUT2D eigenvalue weighted by atomic mass is 19.1. The fourth-order valence-corrected chi connectivity index (χ4v) is 3.75. The van der Waals surface area contributed by atoms with Crippen LogP contribution in [0.1, 0.15) is 28.8 Å². The van der Waals surface area contributed by atoms with Gasteiger partial charge in [-0.3, -0.25) is 9.59 Å².